The Morgan fingerprint density at radius 1 is 0.544 bits per heavy atom. The van der Waals surface area contributed by atoms with Gasteiger partial charge < -0.3 is 20.3 Å². The van der Waals surface area contributed by atoms with E-state index in [1.807, 2.05) is 12.2 Å². The standard InChI is InChI=1S/C51H89NO5/c1-4-7-10-13-16-19-22-24-25-26-28-30-33-36-39-42-47(57-51(56)44-41-38-35-32-29-23-20-17-14-11-8-5-2)45-50(55)52-48(46-53)49(54)43-40-37-34-31-27-21-18-15-12-9-6-3/h7,10,16-17,19-20,24-25,28,30,36,39,47-49,53-54H,4-6,8-9,11-15,18,21-23,26-27,29,31-35,37-38,40-46H2,1-3H3,(H,52,55)/b10-7-,19-16-,20-17-,25-24-,30-28-,39-36-. The zero-order valence-electron chi connectivity index (χ0n) is 37.2. The Morgan fingerprint density at radius 3 is 1.51 bits per heavy atom. The van der Waals surface area contributed by atoms with Gasteiger partial charge >= 0.3 is 5.97 Å². The van der Waals surface area contributed by atoms with Gasteiger partial charge in [0.15, 0.2) is 0 Å². The molecule has 3 unspecified atom stereocenters. The van der Waals surface area contributed by atoms with Crippen molar-refractivity contribution in [3.63, 3.8) is 0 Å². The van der Waals surface area contributed by atoms with E-state index in [1.54, 1.807) is 0 Å². The number of hydrogen-bond donors (Lipinski definition) is 3. The van der Waals surface area contributed by atoms with Crippen LogP contribution in [0.5, 0.6) is 0 Å². The second kappa shape index (κ2) is 44.4. The molecule has 0 aromatic heterocycles. The van der Waals surface area contributed by atoms with Gasteiger partial charge in [-0.25, -0.2) is 0 Å². The average Bonchev–Trinajstić information content (AvgIpc) is 3.20. The van der Waals surface area contributed by atoms with Gasteiger partial charge in [0, 0.05) is 12.8 Å². The number of aliphatic hydroxyl groups excluding tert-OH is 2. The molecule has 3 atom stereocenters. The summed E-state index contributed by atoms with van der Waals surface area (Å²) in [5, 5.41) is 23.6. The van der Waals surface area contributed by atoms with Crippen LogP contribution in [-0.2, 0) is 14.3 Å². The number of rotatable bonds is 41. The fourth-order valence-corrected chi connectivity index (χ4v) is 6.68. The van der Waals surface area contributed by atoms with E-state index >= 15 is 0 Å². The number of nitrogens with one attached hydrogen (secondary N) is 1. The Bertz CT molecular complexity index is 1070. The highest BCUT2D eigenvalue weighted by molar-refractivity contribution is 5.77. The summed E-state index contributed by atoms with van der Waals surface area (Å²) >= 11 is 0. The molecule has 0 aromatic carbocycles. The van der Waals surface area contributed by atoms with Crippen LogP contribution in [-0.4, -0.2) is 46.9 Å². The van der Waals surface area contributed by atoms with Crippen molar-refractivity contribution in [1.29, 1.82) is 0 Å². The molecule has 0 spiro atoms. The Balaban J connectivity index is 4.78. The molecular formula is C51H89NO5. The van der Waals surface area contributed by atoms with Gasteiger partial charge in [0.1, 0.15) is 6.10 Å². The number of carbonyl (C=O) groups is 2. The molecule has 6 nitrogen and oxygen atoms in total. The highest BCUT2D eigenvalue weighted by atomic mass is 16.5. The van der Waals surface area contributed by atoms with E-state index in [2.05, 4.69) is 86.8 Å². The van der Waals surface area contributed by atoms with Crippen molar-refractivity contribution in [2.45, 2.75) is 232 Å². The van der Waals surface area contributed by atoms with Crippen LogP contribution in [0.1, 0.15) is 213 Å². The molecule has 3 N–H and O–H groups in total. The van der Waals surface area contributed by atoms with E-state index < -0.39 is 18.2 Å². The first kappa shape index (κ1) is 54.3. The number of unbranched alkanes of at least 4 members (excludes halogenated alkanes) is 18. The summed E-state index contributed by atoms with van der Waals surface area (Å²) in [4.78, 5) is 26.0. The number of ether oxygens (including phenoxy) is 1. The lowest BCUT2D eigenvalue weighted by molar-refractivity contribution is -0.150. The zero-order valence-corrected chi connectivity index (χ0v) is 37.2. The minimum atomic E-state index is -0.814. The molecule has 0 fully saturated rings. The summed E-state index contributed by atoms with van der Waals surface area (Å²) in [7, 11) is 0. The summed E-state index contributed by atoms with van der Waals surface area (Å²) < 4.78 is 5.84. The summed E-state index contributed by atoms with van der Waals surface area (Å²) in [5.41, 5.74) is 0. The maximum Gasteiger partial charge on any atom is 0.306 e. The van der Waals surface area contributed by atoms with Crippen LogP contribution >= 0.6 is 0 Å². The molecule has 0 aliphatic carbocycles. The first-order valence-electron chi connectivity index (χ1n) is 23.7. The van der Waals surface area contributed by atoms with Gasteiger partial charge in [-0.3, -0.25) is 9.59 Å². The second-order valence-corrected chi connectivity index (χ2v) is 15.8. The summed E-state index contributed by atoms with van der Waals surface area (Å²) in [6.07, 6.45) is 55.4. The van der Waals surface area contributed by atoms with Crippen LogP contribution in [0, 0.1) is 0 Å². The molecular weight excluding hydrogens is 707 g/mol. The normalized spacial score (nSPS) is 14.0. The Labute approximate surface area is 351 Å². The Hall–Kier alpha value is -2.70. The molecule has 0 heterocycles. The first-order valence-corrected chi connectivity index (χ1v) is 23.7. The fraction of sp³-hybridized carbons (Fsp3) is 0.725. The molecule has 0 bridgehead atoms. The second-order valence-electron chi connectivity index (χ2n) is 15.8. The van der Waals surface area contributed by atoms with Crippen LogP contribution in [0.15, 0.2) is 72.9 Å². The predicted octanol–water partition coefficient (Wildman–Crippen LogP) is 13.8. The molecule has 0 saturated heterocycles. The minimum Gasteiger partial charge on any atom is -0.461 e. The first-order chi connectivity index (χ1) is 28.0. The lowest BCUT2D eigenvalue weighted by Crippen LogP contribution is -2.46. The van der Waals surface area contributed by atoms with E-state index in [4.69, 9.17) is 4.74 Å². The Morgan fingerprint density at radius 2 is 0.982 bits per heavy atom. The number of hydrogen-bond acceptors (Lipinski definition) is 5. The third kappa shape index (κ3) is 39.9. The van der Waals surface area contributed by atoms with Gasteiger partial charge in [-0.15, -0.1) is 0 Å². The molecule has 0 saturated carbocycles. The third-order valence-electron chi connectivity index (χ3n) is 10.3. The van der Waals surface area contributed by atoms with E-state index in [1.165, 1.54) is 89.9 Å². The van der Waals surface area contributed by atoms with Gasteiger partial charge in [-0.1, -0.05) is 196 Å². The van der Waals surface area contributed by atoms with Crippen LogP contribution in [0.4, 0.5) is 0 Å². The number of carbonyl (C=O) groups excluding carboxylic acids is 2. The van der Waals surface area contributed by atoms with Crippen molar-refractivity contribution < 1.29 is 24.5 Å². The predicted molar refractivity (Wildman–Crippen MR) is 245 cm³/mol. The van der Waals surface area contributed by atoms with E-state index in [0.717, 1.165) is 77.0 Å². The molecule has 1 amide bonds. The lowest BCUT2D eigenvalue weighted by Gasteiger charge is -2.24. The SMILES string of the molecule is CC/C=C\C/C=C\C/C=C\C/C=C\C/C=C\CC(CC(=O)NC(CO)C(O)CCCCCCCCCCCCC)OC(=O)CCCCCCC/C=C\CCCCC. The fourth-order valence-electron chi connectivity index (χ4n) is 6.68. The molecule has 0 aliphatic heterocycles. The average molecular weight is 796 g/mol. The molecule has 57 heavy (non-hydrogen) atoms. The minimum absolute atomic E-state index is 0.00627. The largest absolute Gasteiger partial charge is 0.461 e. The van der Waals surface area contributed by atoms with Crippen LogP contribution < -0.4 is 5.32 Å². The van der Waals surface area contributed by atoms with E-state index in [-0.39, 0.29) is 24.9 Å². The van der Waals surface area contributed by atoms with E-state index in [0.29, 0.717) is 19.3 Å². The van der Waals surface area contributed by atoms with Gasteiger partial charge in [-0.2, -0.15) is 0 Å². The number of esters is 1. The molecule has 0 radical (unpaired) electrons. The molecule has 0 rings (SSSR count). The van der Waals surface area contributed by atoms with Gasteiger partial charge in [0.05, 0.1) is 25.2 Å². The van der Waals surface area contributed by atoms with Gasteiger partial charge in [0.25, 0.3) is 0 Å². The molecule has 0 aromatic rings. The number of amides is 1. The monoisotopic (exact) mass is 796 g/mol. The number of aliphatic hydroxyl groups is 2. The maximum absolute atomic E-state index is 13.1. The van der Waals surface area contributed by atoms with Crippen molar-refractivity contribution >= 4 is 11.9 Å². The van der Waals surface area contributed by atoms with Crippen LogP contribution in [0.3, 0.4) is 0 Å². The number of allylic oxidation sites excluding steroid dienone is 11. The lowest BCUT2D eigenvalue weighted by atomic mass is 10.0. The van der Waals surface area contributed by atoms with Crippen molar-refractivity contribution in [2.24, 2.45) is 0 Å². The smallest absolute Gasteiger partial charge is 0.306 e. The van der Waals surface area contributed by atoms with Crippen LogP contribution in [0.2, 0.25) is 0 Å². The van der Waals surface area contributed by atoms with Crippen molar-refractivity contribution in [3.8, 4) is 0 Å². The van der Waals surface area contributed by atoms with Crippen LogP contribution in [0.25, 0.3) is 0 Å². The Kier molecular flexibility index (Phi) is 42.3. The van der Waals surface area contributed by atoms with Crippen molar-refractivity contribution in [3.05, 3.63) is 72.9 Å². The van der Waals surface area contributed by atoms with Gasteiger partial charge in [-0.05, 0) is 70.6 Å². The van der Waals surface area contributed by atoms with E-state index in [9.17, 15) is 19.8 Å². The summed E-state index contributed by atoms with van der Waals surface area (Å²) in [5.74, 6) is -0.595. The molecule has 328 valence electrons. The van der Waals surface area contributed by atoms with Crippen molar-refractivity contribution in [2.75, 3.05) is 6.61 Å². The zero-order chi connectivity index (χ0) is 41.7. The highest BCUT2D eigenvalue weighted by Gasteiger charge is 2.23. The maximum atomic E-state index is 13.1. The molecule has 0 aliphatic rings. The third-order valence-corrected chi connectivity index (χ3v) is 10.3. The molecule has 6 heteroatoms. The van der Waals surface area contributed by atoms with Gasteiger partial charge in [0.2, 0.25) is 5.91 Å². The van der Waals surface area contributed by atoms with Crippen molar-refractivity contribution in [1.82, 2.24) is 5.32 Å². The highest BCUT2D eigenvalue weighted by Crippen LogP contribution is 2.15. The topological polar surface area (TPSA) is 95.9 Å². The summed E-state index contributed by atoms with van der Waals surface area (Å²) in [6, 6.07) is -0.734. The quantitative estimate of drug-likeness (QED) is 0.0325. The summed E-state index contributed by atoms with van der Waals surface area (Å²) in [6.45, 7) is 6.29.